The van der Waals surface area contributed by atoms with Crippen LogP contribution in [0, 0.1) is 6.92 Å². The third kappa shape index (κ3) is 3.24. The maximum absolute atomic E-state index is 9.10. The lowest BCUT2D eigenvalue weighted by Gasteiger charge is -2.28. The van der Waals surface area contributed by atoms with Crippen LogP contribution in [0.3, 0.4) is 0 Å². The first kappa shape index (κ1) is 13.1. The number of hydrogen-bond donors (Lipinski definition) is 4. The molecule has 0 aliphatic rings. The molecule has 0 radical (unpaired) electrons. The molecule has 0 aliphatic heterocycles. The van der Waals surface area contributed by atoms with Crippen molar-refractivity contribution in [1.29, 1.82) is 0 Å². The van der Waals surface area contributed by atoms with Gasteiger partial charge in [-0.05, 0) is 18.6 Å². The van der Waals surface area contributed by atoms with Gasteiger partial charge in [0.15, 0.2) is 0 Å². The molecular weight excluding hydrogens is 208 g/mol. The van der Waals surface area contributed by atoms with Gasteiger partial charge in [-0.3, -0.25) is 4.98 Å². The third-order valence-electron chi connectivity index (χ3n) is 2.55. The molecule has 0 saturated heterocycles. The first-order valence-corrected chi connectivity index (χ1v) is 5.15. The maximum atomic E-state index is 9.10. The zero-order valence-corrected chi connectivity index (χ0v) is 9.35. The summed E-state index contributed by atoms with van der Waals surface area (Å²) in [4.78, 5) is 4.13. The number of aryl methyl sites for hydroxylation is 1. The first-order chi connectivity index (χ1) is 7.65. The summed E-state index contributed by atoms with van der Waals surface area (Å²) in [5.41, 5.74) is 0.831. The van der Waals surface area contributed by atoms with E-state index in [0.717, 1.165) is 11.3 Å². The van der Waals surface area contributed by atoms with Crippen molar-refractivity contribution >= 4 is 0 Å². The fraction of sp³-hybridized carbons (Fsp3) is 0.545. The number of aliphatic hydroxyl groups is 3. The normalized spacial score (nSPS) is 11.8. The van der Waals surface area contributed by atoms with E-state index in [-0.39, 0.29) is 19.8 Å². The van der Waals surface area contributed by atoms with Crippen molar-refractivity contribution < 1.29 is 15.3 Å². The third-order valence-corrected chi connectivity index (χ3v) is 2.55. The van der Waals surface area contributed by atoms with E-state index >= 15 is 0 Å². The number of aliphatic hydroxyl groups excluding tert-OH is 3. The van der Waals surface area contributed by atoms with Crippen LogP contribution in [0.4, 0.5) is 0 Å². The molecule has 5 heteroatoms. The van der Waals surface area contributed by atoms with Crippen LogP contribution in [0.1, 0.15) is 11.3 Å². The highest BCUT2D eigenvalue weighted by Crippen LogP contribution is 2.05. The van der Waals surface area contributed by atoms with E-state index in [9.17, 15) is 0 Å². The Labute approximate surface area is 94.8 Å². The molecule has 0 aliphatic carbocycles. The number of pyridine rings is 1. The van der Waals surface area contributed by atoms with Crippen molar-refractivity contribution in [1.82, 2.24) is 10.3 Å². The van der Waals surface area contributed by atoms with Crippen molar-refractivity contribution in [3.8, 4) is 0 Å². The SMILES string of the molecule is Cc1ccc(CNC(CO)(CO)CO)cn1. The molecule has 0 unspecified atom stereocenters. The Balaban J connectivity index is 2.58. The lowest BCUT2D eigenvalue weighted by atomic mass is 10.0. The van der Waals surface area contributed by atoms with Gasteiger partial charge < -0.3 is 20.6 Å². The van der Waals surface area contributed by atoms with Gasteiger partial charge in [0.2, 0.25) is 0 Å². The van der Waals surface area contributed by atoms with Gasteiger partial charge in [0.25, 0.3) is 0 Å². The minimum atomic E-state index is -1.04. The van der Waals surface area contributed by atoms with Gasteiger partial charge in [-0.2, -0.15) is 0 Å². The van der Waals surface area contributed by atoms with E-state index in [0.29, 0.717) is 6.54 Å². The van der Waals surface area contributed by atoms with Crippen molar-refractivity contribution in [3.05, 3.63) is 29.6 Å². The summed E-state index contributed by atoms with van der Waals surface area (Å²) < 4.78 is 0. The summed E-state index contributed by atoms with van der Waals surface area (Å²) in [6.45, 7) is 1.38. The van der Waals surface area contributed by atoms with Crippen LogP contribution in [0.15, 0.2) is 18.3 Å². The predicted molar refractivity (Wildman–Crippen MR) is 59.8 cm³/mol. The molecule has 0 amide bonds. The highest BCUT2D eigenvalue weighted by atomic mass is 16.3. The summed E-state index contributed by atoms with van der Waals surface area (Å²) in [6, 6.07) is 3.79. The van der Waals surface area contributed by atoms with Crippen LogP contribution in [-0.4, -0.2) is 45.7 Å². The number of aromatic nitrogens is 1. The molecule has 0 spiro atoms. The lowest BCUT2D eigenvalue weighted by Crippen LogP contribution is -2.54. The van der Waals surface area contributed by atoms with Crippen LogP contribution in [-0.2, 0) is 6.54 Å². The Kier molecular flexibility index (Phi) is 4.82. The number of rotatable bonds is 6. The molecule has 90 valence electrons. The van der Waals surface area contributed by atoms with Crippen LogP contribution < -0.4 is 5.32 Å². The first-order valence-electron chi connectivity index (χ1n) is 5.15. The molecule has 0 aromatic carbocycles. The Bertz CT molecular complexity index is 301. The molecule has 0 saturated carbocycles. The second-order valence-electron chi connectivity index (χ2n) is 3.92. The molecule has 0 bridgehead atoms. The van der Waals surface area contributed by atoms with Gasteiger partial charge in [0.1, 0.15) is 0 Å². The van der Waals surface area contributed by atoms with E-state index in [4.69, 9.17) is 15.3 Å². The Morgan fingerprint density at radius 3 is 2.25 bits per heavy atom. The summed E-state index contributed by atoms with van der Waals surface area (Å²) >= 11 is 0. The number of hydrogen-bond acceptors (Lipinski definition) is 5. The molecule has 1 aromatic heterocycles. The second-order valence-corrected chi connectivity index (χ2v) is 3.92. The average molecular weight is 226 g/mol. The fourth-order valence-electron chi connectivity index (χ4n) is 1.21. The molecule has 16 heavy (non-hydrogen) atoms. The van der Waals surface area contributed by atoms with Gasteiger partial charge in [0.05, 0.1) is 25.4 Å². The Hall–Kier alpha value is -1.01. The smallest absolute Gasteiger partial charge is 0.0884 e. The maximum Gasteiger partial charge on any atom is 0.0884 e. The Morgan fingerprint density at radius 2 is 1.81 bits per heavy atom. The summed E-state index contributed by atoms with van der Waals surface area (Å²) in [7, 11) is 0. The average Bonchev–Trinajstić information content (AvgIpc) is 2.34. The van der Waals surface area contributed by atoms with Crippen molar-refractivity contribution in [2.75, 3.05) is 19.8 Å². The van der Waals surface area contributed by atoms with E-state index < -0.39 is 5.54 Å². The number of nitrogens with one attached hydrogen (secondary N) is 1. The topological polar surface area (TPSA) is 85.6 Å². The predicted octanol–water partition coefficient (Wildman–Crippen LogP) is -0.805. The van der Waals surface area contributed by atoms with E-state index in [1.807, 2.05) is 19.1 Å². The van der Waals surface area contributed by atoms with Gasteiger partial charge in [-0.1, -0.05) is 6.07 Å². The minimum Gasteiger partial charge on any atom is -0.394 e. The van der Waals surface area contributed by atoms with Crippen LogP contribution >= 0.6 is 0 Å². The summed E-state index contributed by atoms with van der Waals surface area (Å²) in [5, 5.41) is 30.2. The Morgan fingerprint density at radius 1 is 1.19 bits per heavy atom. The molecule has 1 rings (SSSR count). The quantitative estimate of drug-likeness (QED) is 0.510. The fourth-order valence-corrected chi connectivity index (χ4v) is 1.21. The molecule has 1 aromatic rings. The molecule has 0 atom stereocenters. The standard InChI is InChI=1S/C11H18N2O3/c1-9-2-3-10(4-12-9)5-13-11(6-14,7-15)8-16/h2-4,13-16H,5-8H2,1H3. The molecule has 0 fully saturated rings. The van der Waals surface area contributed by atoms with Gasteiger partial charge >= 0.3 is 0 Å². The van der Waals surface area contributed by atoms with Crippen molar-refractivity contribution in [2.24, 2.45) is 0 Å². The molecular formula is C11H18N2O3. The molecule has 5 nitrogen and oxygen atoms in total. The largest absolute Gasteiger partial charge is 0.394 e. The van der Waals surface area contributed by atoms with Crippen molar-refractivity contribution in [2.45, 2.75) is 19.0 Å². The minimum absolute atomic E-state index is 0.320. The van der Waals surface area contributed by atoms with Gasteiger partial charge in [0, 0.05) is 18.4 Å². The zero-order valence-electron chi connectivity index (χ0n) is 9.35. The van der Waals surface area contributed by atoms with Crippen LogP contribution in [0.2, 0.25) is 0 Å². The summed E-state index contributed by atoms with van der Waals surface area (Å²) in [6.07, 6.45) is 1.72. The molecule has 4 N–H and O–H groups in total. The summed E-state index contributed by atoms with van der Waals surface area (Å²) in [5.74, 6) is 0. The number of nitrogens with zero attached hydrogens (tertiary/aromatic N) is 1. The highest BCUT2D eigenvalue weighted by molar-refractivity contribution is 5.13. The highest BCUT2D eigenvalue weighted by Gasteiger charge is 2.26. The van der Waals surface area contributed by atoms with E-state index in [1.54, 1.807) is 6.20 Å². The monoisotopic (exact) mass is 226 g/mol. The van der Waals surface area contributed by atoms with E-state index in [1.165, 1.54) is 0 Å². The van der Waals surface area contributed by atoms with Crippen LogP contribution in [0.5, 0.6) is 0 Å². The van der Waals surface area contributed by atoms with Gasteiger partial charge in [-0.25, -0.2) is 0 Å². The van der Waals surface area contributed by atoms with Crippen LogP contribution in [0.25, 0.3) is 0 Å². The van der Waals surface area contributed by atoms with Crippen molar-refractivity contribution in [3.63, 3.8) is 0 Å². The zero-order chi connectivity index (χ0) is 12.0. The lowest BCUT2D eigenvalue weighted by molar-refractivity contribution is 0.0413. The van der Waals surface area contributed by atoms with Gasteiger partial charge in [-0.15, -0.1) is 0 Å². The molecule has 1 heterocycles. The second kappa shape index (κ2) is 5.91. The van der Waals surface area contributed by atoms with E-state index in [2.05, 4.69) is 10.3 Å².